The Morgan fingerprint density at radius 3 is 2.57 bits per heavy atom. The number of hydrogen-bond acceptors (Lipinski definition) is 5. The van der Waals surface area contributed by atoms with Crippen LogP contribution in [0, 0.1) is 6.92 Å². The standard InChI is InChI=1S/C21H25N3O3S/c1-4-11-22-21(28)24-23-15-17-9-10-19(20(14-17)25-3)27-13-12-26-18-8-6-5-7-16(18)2/h4-10,14-15H,1,11-13H2,2-3H3,(H2,22,24,28)/b23-15+. The maximum Gasteiger partial charge on any atom is 0.187 e. The van der Waals surface area contributed by atoms with Crippen LogP contribution in [0.15, 0.2) is 60.2 Å². The summed E-state index contributed by atoms with van der Waals surface area (Å²) in [7, 11) is 1.60. The van der Waals surface area contributed by atoms with Gasteiger partial charge in [-0.2, -0.15) is 5.10 Å². The summed E-state index contributed by atoms with van der Waals surface area (Å²) in [5, 5.41) is 7.44. The first kappa shape index (κ1) is 21.2. The van der Waals surface area contributed by atoms with E-state index in [0.29, 0.717) is 36.4 Å². The van der Waals surface area contributed by atoms with E-state index >= 15 is 0 Å². The van der Waals surface area contributed by atoms with Crippen molar-refractivity contribution in [2.24, 2.45) is 5.10 Å². The molecular formula is C21H25N3O3S. The van der Waals surface area contributed by atoms with Crippen molar-refractivity contribution in [1.82, 2.24) is 10.7 Å². The molecule has 2 aromatic rings. The van der Waals surface area contributed by atoms with Gasteiger partial charge in [-0.25, -0.2) is 0 Å². The molecule has 0 amide bonds. The van der Waals surface area contributed by atoms with Crippen LogP contribution >= 0.6 is 12.2 Å². The molecule has 0 aliphatic heterocycles. The minimum atomic E-state index is 0.406. The Bertz CT molecular complexity index is 824. The van der Waals surface area contributed by atoms with E-state index < -0.39 is 0 Å². The highest BCUT2D eigenvalue weighted by Gasteiger charge is 2.06. The first-order valence-electron chi connectivity index (χ1n) is 8.81. The monoisotopic (exact) mass is 399 g/mol. The number of thiocarbonyl (C=S) groups is 1. The van der Waals surface area contributed by atoms with Crippen molar-refractivity contribution in [3.63, 3.8) is 0 Å². The number of rotatable bonds is 10. The first-order valence-corrected chi connectivity index (χ1v) is 9.22. The normalized spacial score (nSPS) is 10.4. The van der Waals surface area contributed by atoms with Crippen LogP contribution in [0.4, 0.5) is 0 Å². The number of benzene rings is 2. The number of methoxy groups -OCH3 is 1. The lowest BCUT2D eigenvalue weighted by Gasteiger charge is -2.13. The number of nitrogens with zero attached hydrogens (tertiary/aromatic N) is 1. The van der Waals surface area contributed by atoms with Gasteiger partial charge in [-0.1, -0.05) is 24.3 Å². The van der Waals surface area contributed by atoms with Crippen molar-refractivity contribution in [3.05, 3.63) is 66.2 Å². The summed E-state index contributed by atoms with van der Waals surface area (Å²) in [5.41, 5.74) is 4.67. The smallest absolute Gasteiger partial charge is 0.187 e. The second kappa shape index (κ2) is 11.6. The fourth-order valence-electron chi connectivity index (χ4n) is 2.28. The molecule has 2 N–H and O–H groups in total. The van der Waals surface area contributed by atoms with Gasteiger partial charge in [-0.15, -0.1) is 6.58 Å². The molecule has 0 bridgehead atoms. The Morgan fingerprint density at radius 2 is 1.86 bits per heavy atom. The largest absolute Gasteiger partial charge is 0.493 e. The van der Waals surface area contributed by atoms with Gasteiger partial charge in [-0.3, -0.25) is 5.43 Å². The van der Waals surface area contributed by atoms with Crippen LogP contribution in [0.3, 0.4) is 0 Å². The predicted molar refractivity (Wildman–Crippen MR) is 117 cm³/mol. The van der Waals surface area contributed by atoms with Gasteiger partial charge in [0, 0.05) is 6.54 Å². The number of nitrogens with one attached hydrogen (secondary N) is 2. The third-order valence-corrected chi connectivity index (χ3v) is 3.90. The molecule has 0 spiro atoms. The molecule has 28 heavy (non-hydrogen) atoms. The fraction of sp³-hybridized carbons (Fsp3) is 0.238. The van der Waals surface area contributed by atoms with Crippen LogP contribution in [-0.4, -0.2) is 38.2 Å². The summed E-state index contributed by atoms with van der Waals surface area (Å²) in [6.07, 6.45) is 3.36. The van der Waals surface area contributed by atoms with Crippen LogP contribution in [0.5, 0.6) is 17.2 Å². The Kier molecular flexibility index (Phi) is 8.81. The predicted octanol–water partition coefficient (Wildman–Crippen LogP) is 3.45. The zero-order chi connectivity index (χ0) is 20.2. The van der Waals surface area contributed by atoms with Crippen molar-refractivity contribution >= 4 is 23.5 Å². The molecule has 2 rings (SSSR count). The number of para-hydroxylation sites is 1. The summed E-state index contributed by atoms with van der Waals surface area (Å²) >= 11 is 5.07. The van der Waals surface area contributed by atoms with Gasteiger partial charge < -0.3 is 19.5 Å². The molecular weight excluding hydrogens is 374 g/mol. The molecule has 0 unspecified atom stereocenters. The highest BCUT2D eigenvalue weighted by atomic mass is 32.1. The van der Waals surface area contributed by atoms with Crippen LogP contribution in [0.25, 0.3) is 0 Å². The summed E-state index contributed by atoms with van der Waals surface area (Å²) < 4.78 is 16.9. The van der Waals surface area contributed by atoms with Gasteiger partial charge in [0.15, 0.2) is 16.6 Å². The Morgan fingerprint density at radius 1 is 1.11 bits per heavy atom. The zero-order valence-corrected chi connectivity index (χ0v) is 16.9. The van der Waals surface area contributed by atoms with E-state index in [-0.39, 0.29) is 0 Å². The van der Waals surface area contributed by atoms with Crippen LogP contribution in [0.1, 0.15) is 11.1 Å². The third-order valence-electron chi connectivity index (χ3n) is 3.67. The SMILES string of the molecule is C=CCNC(=S)N/N=C/c1ccc(OCCOc2ccccc2C)c(OC)c1. The highest BCUT2D eigenvalue weighted by Crippen LogP contribution is 2.27. The number of hydrogen-bond donors (Lipinski definition) is 2. The maximum atomic E-state index is 5.78. The van der Waals surface area contributed by atoms with Gasteiger partial charge in [-0.05, 0) is 54.5 Å². The molecule has 0 saturated carbocycles. The Hall–Kier alpha value is -3.06. The molecule has 0 heterocycles. The van der Waals surface area contributed by atoms with Gasteiger partial charge in [0.2, 0.25) is 0 Å². The number of hydrazone groups is 1. The van der Waals surface area contributed by atoms with E-state index in [9.17, 15) is 0 Å². The minimum absolute atomic E-state index is 0.406. The summed E-state index contributed by atoms with van der Waals surface area (Å²) in [6, 6.07) is 13.4. The molecule has 0 aliphatic carbocycles. The van der Waals surface area contributed by atoms with E-state index in [4.69, 9.17) is 26.4 Å². The maximum absolute atomic E-state index is 5.78. The van der Waals surface area contributed by atoms with E-state index in [1.54, 1.807) is 19.4 Å². The first-order chi connectivity index (χ1) is 13.6. The van der Waals surface area contributed by atoms with Gasteiger partial charge >= 0.3 is 0 Å². The van der Waals surface area contributed by atoms with Crippen molar-refractivity contribution < 1.29 is 14.2 Å². The quantitative estimate of drug-likeness (QED) is 0.210. The van der Waals surface area contributed by atoms with Gasteiger partial charge in [0.05, 0.1) is 13.3 Å². The van der Waals surface area contributed by atoms with E-state index in [1.807, 2.05) is 49.4 Å². The zero-order valence-electron chi connectivity index (χ0n) is 16.1. The molecule has 0 fully saturated rings. The number of ether oxygens (including phenoxy) is 3. The third kappa shape index (κ3) is 6.92. The summed E-state index contributed by atoms with van der Waals surface area (Å²) in [5.74, 6) is 2.12. The van der Waals surface area contributed by atoms with Crippen molar-refractivity contribution in [3.8, 4) is 17.2 Å². The second-order valence-corrected chi connectivity index (χ2v) is 6.15. The van der Waals surface area contributed by atoms with Crippen molar-refractivity contribution in [2.45, 2.75) is 6.92 Å². The fourth-order valence-corrected chi connectivity index (χ4v) is 2.41. The highest BCUT2D eigenvalue weighted by molar-refractivity contribution is 7.80. The topological polar surface area (TPSA) is 64.1 Å². The molecule has 0 atom stereocenters. The molecule has 148 valence electrons. The summed E-state index contributed by atoms with van der Waals surface area (Å²) in [6.45, 7) is 7.05. The average Bonchev–Trinajstić information content (AvgIpc) is 2.71. The number of aryl methyl sites for hydroxylation is 1. The lowest BCUT2D eigenvalue weighted by atomic mass is 10.2. The average molecular weight is 400 g/mol. The van der Waals surface area contributed by atoms with Crippen LogP contribution in [0.2, 0.25) is 0 Å². The Balaban J connectivity index is 1.85. The van der Waals surface area contributed by atoms with Crippen molar-refractivity contribution in [1.29, 1.82) is 0 Å². The Labute approximate surface area is 171 Å². The lowest BCUT2D eigenvalue weighted by molar-refractivity contribution is 0.210. The van der Waals surface area contributed by atoms with Gasteiger partial charge in [0.25, 0.3) is 0 Å². The molecule has 6 nitrogen and oxygen atoms in total. The van der Waals surface area contributed by atoms with E-state index in [0.717, 1.165) is 16.9 Å². The second-order valence-electron chi connectivity index (χ2n) is 5.74. The molecule has 7 heteroatoms. The molecule has 0 aromatic heterocycles. The molecule has 0 radical (unpaired) electrons. The van der Waals surface area contributed by atoms with Crippen LogP contribution in [-0.2, 0) is 0 Å². The van der Waals surface area contributed by atoms with E-state index in [1.165, 1.54) is 0 Å². The molecule has 2 aromatic carbocycles. The van der Waals surface area contributed by atoms with E-state index in [2.05, 4.69) is 22.4 Å². The van der Waals surface area contributed by atoms with Gasteiger partial charge in [0.1, 0.15) is 19.0 Å². The summed E-state index contributed by atoms with van der Waals surface area (Å²) in [4.78, 5) is 0. The molecule has 0 aliphatic rings. The minimum Gasteiger partial charge on any atom is -0.493 e. The van der Waals surface area contributed by atoms with Crippen LogP contribution < -0.4 is 25.0 Å². The van der Waals surface area contributed by atoms with Crippen molar-refractivity contribution in [2.75, 3.05) is 26.9 Å². The lowest BCUT2D eigenvalue weighted by Crippen LogP contribution is -2.31. The molecule has 0 saturated heterocycles.